The Morgan fingerprint density at radius 3 is 3.00 bits per heavy atom. The Morgan fingerprint density at radius 2 is 2.32 bits per heavy atom. The summed E-state index contributed by atoms with van der Waals surface area (Å²) in [7, 11) is 0. The molecule has 102 valence electrons. The fraction of sp³-hybridized carbons (Fsp3) is 0.533. The van der Waals surface area contributed by atoms with E-state index in [2.05, 4.69) is 4.90 Å². The van der Waals surface area contributed by atoms with Crippen molar-refractivity contribution in [2.45, 2.75) is 31.7 Å². The van der Waals surface area contributed by atoms with Crippen LogP contribution in [0.15, 0.2) is 24.3 Å². The average Bonchev–Trinajstić information content (AvgIpc) is 3.01. The molecule has 1 aromatic carbocycles. The zero-order chi connectivity index (χ0) is 13.2. The van der Waals surface area contributed by atoms with E-state index < -0.39 is 0 Å². The number of hydrogen-bond acceptors (Lipinski definition) is 3. The van der Waals surface area contributed by atoms with Gasteiger partial charge in [0.1, 0.15) is 5.75 Å². The summed E-state index contributed by atoms with van der Waals surface area (Å²) in [4.78, 5) is 14.2. The number of hydrogen-bond donors (Lipinski definition) is 1. The van der Waals surface area contributed by atoms with E-state index in [0.29, 0.717) is 24.8 Å². The highest BCUT2D eigenvalue weighted by Crippen LogP contribution is 2.37. The maximum absolute atomic E-state index is 12.1. The van der Waals surface area contributed by atoms with Gasteiger partial charge in [0.15, 0.2) is 0 Å². The highest BCUT2D eigenvalue weighted by atomic mass is 16.5. The summed E-state index contributed by atoms with van der Waals surface area (Å²) in [5.74, 6) is 1.72. The molecule has 2 aliphatic rings. The third-order valence-corrected chi connectivity index (χ3v) is 4.17. The van der Waals surface area contributed by atoms with Gasteiger partial charge in [-0.3, -0.25) is 4.79 Å². The lowest BCUT2D eigenvalue weighted by Crippen LogP contribution is -2.38. The number of nitrogen functional groups attached to an aromatic ring is 1. The van der Waals surface area contributed by atoms with Crippen LogP contribution < -0.4 is 10.5 Å². The maximum Gasteiger partial charge on any atom is 0.226 e. The van der Waals surface area contributed by atoms with Crippen molar-refractivity contribution in [3.8, 4) is 5.75 Å². The highest BCUT2D eigenvalue weighted by molar-refractivity contribution is 5.77. The second-order valence-corrected chi connectivity index (χ2v) is 5.55. The van der Waals surface area contributed by atoms with Gasteiger partial charge >= 0.3 is 0 Å². The van der Waals surface area contributed by atoms with Crippen molar-refractivity contribution >= 4 is 11.6 Å². The zero-order valence-electron chi connectivity index (χ0n) is 11.0. The molecule has 1 aliphatic heterocycles. The lowest BCUT2D eigenvalue weighted by molar-refractivity contribution is -0.133. The molecule has 1 aliphatic carbocycles. The summed E-state index contributed by atoms with van der Waals surface area (Å²) in [5.41, 5.74) is 6.36. The molecule has 19 heavy (non-hydrogen) atoms. The second kappa shape index (κ2) is 5.11. The average molecular weight is 260 g/mol. The smallest absolute Gasteiger partial charge is 0.226 e. The molecular weight excluding hydrogens is 240 g/mol. The van der Waals surface area contributed by atoms with Gasteiger partial charge in [0.25, 0.3) is 0 Å². The Morgan fingerprint density at radius 1 is 1.42 bits per heavy atom. The van der Waals surface area contributed by atoms with E-state index in [4.69, 9.17) is 10.5 Å². The van der Waals surface area contributed by atoms with Crippen molar-refractivity contribution in [1.82, 2.24) is 4.90 Å². The quantitative estimate of drug-likeness (QED) is 0.843. The topological polar surface area (TPSA) is 55.6 Å². The van der Waals surface area contributed by atoms with Gasteiger partial charge in [-0.1, -0.05) is 6.07 Å². The number of likely N-dealkylation sites (tertiary alicyclic amines) is 1. The monoisotopic (exact) mass is 260 g/mol. The van der Waals surface area contributed by atoms with Crippen molar-refractivity contribution in [3.05, 3.63) is 24.3 Å². The molecule has 1 heterocycles. The number of piperidine rings is 1. The molecule has 1 saturated heterocycles. The van der Waals surface area contributed by atoms with E-state index in [-0.39, 0.29) is 5.91 Å². The standard InChI is InChI=1S/C15H20N2O2/c16-12-2-1-3-14(9-12)19-7-6-15(18)17-10-11-4-5-13(17)8-11/h1-3,9,11,13H,4-8,10,16H2. The van der Waals surface area contributed by atoms with E-state index in [9.17, 15) is 4.79 Å². The number of rotatable bonds is 4. The molecule has 1 saturated carbocycles. The largest absolute Gasteiger partial charge is 0.493 e. The first-order valence-corrected chi connectivity index (χ1v) is 7.00. The number of nitrogens with zero attached hydrogens (tertiary/aromatic N) is 1. The molecule has 2 N–H and O–H groups in total. The molecule has 0 radical (unpaired) electrons. The predicted molar refractivity (Wildman–Crippen MR) is 73.8 cm³/mol. The summed E-state index contributed by atoms with van der Waals surface area (Å²) in [5, 5.41) is 0. The van der Waals surface area contributed by atoms with Crippen LogP contribution in [0.25, 0.3) is 0 Å². The molecule has 0 aromatic heterocycles. The number of fused-ring (bicyclic) bond motifs is 2. The van der Waals surface area contributed by atoms with Crippen molar-refractivity contribution in [3.63, 3.8) is 0 Å². The Kier molecular flexibility index (Phi) is 3.32. The first kappa shape index (κ1) is 12.3. The molecule has 4 nitrogen and oxygen atoms in total. The Balaban J connectivity index is 1.46. The van der Waals surface area contributed by atoms with Gasteiger partial charge in [-0.15, -0.1) is 0 Å². The van der Waals surface area contributed by atoms with Crippen LogP contribution in [0.3, 0.4) is 0 Å². The number of carbonyl (C=O) groups excluding carboxylic acids is 1. The minimum absolute atomic E-state index is 0.233. The minimum Gasteiger partial charge on any atom is -0.493 e. The van der Waals surface area contributed by atoms with Crippen LogP contribution in [0, 0.1) is 5.92 Å². The summed E-state index contributed by atoms with van der Waals surface area (Å²) in [6.45, 7) is 1.39. The third kappa shape index (κ3) is 2.67. The normalized spacial score (nSPS) is 24.7. The van der Waals surface area contributed by atoms with Gasteiger partial charge < -0.3 is 15.4 Å². The summed E-state index contributed by atoms with van der Waals surface area (Å²) in [6, 6.07) is 7.82. The molecule has 2 unspecified atom stereocenters. The minimum atomic E-state index is 0.233. The molecule has 4 heteroatoms. The lowest BCUT2D eigenvalue weighted by atomic mass is 10.1. The van der Waals surface area contributed by atoms with Crippen molar-refractivity contribution in [1.29, 1.82) is 0 Å². The lowest BCUT2D eigenvalue weighted by Gasteiger charge is -2.27. The molecule has 1 aromatic rings. The van der Waals surface area contributed by atoms with Crippen LogP contribution in [0.4, 0.5) is 5.69 Å². The molecule has 2 bridgehead atoms. The molecule has 3 rings (SSSR count). The first-order chi connectivity index (χ1) is 9.22. The van der Waals surface area contributed by atoms with Crippen LogP contribution >= 0.6 is 0 Å². The molecule has 0 spiro atoms. The van der Waals surface area contributed by atoms with Crippen LogP contribution in [-0.2, 0) is 4.79 Å². The number of amides is 1. The fourth-order valence-corrected chi connectivity index (χ4v) is 3.23. The summed E-state index contributed by atoms with van der Waals surface area (Å²) < 4.78 is 5.57. The highest BCUT2D eigenvalue weighted by Gasteiger charge is 2.39. The second-order valence-electron chi connectivity index (χ2n) is 5.55. The van der Waals surface area contributed by atoms with E-state index in [0.717, 1.165) is 18.2 Å². The molecular formula is C15H20N2O2. The van der Waals surface area contributed by atoms with E-state index >= 15 is 0 Å². The maximum atomic E-state index is 12.1. The number of carbonyl (C=O) groups is 1. The van der Waals surface area contributed by atoms with Gasteiger partial charge in [-0.25, -0.2) is 0 Å². The fourth-order valence-electron chi connectivity index (χ4n) is 3.23. The molecule has 2 fully saturated rings. The number of benzene rings is 1. The molecule has 1 amide bonds. The van der Waals surface area contributed by atoms with Crippen molar-refractivity contribution < 1.29 is 9.53 Å². The number of anilines is 1. The number of ether oxygens (including phenoxy) is 1. The van der Waals surface area contributed by atoms with Crippen LogP contribution in [-0.4, -0.2) is 30.0 Å². The van der Waals surface area contributed by atoms with Crippen LogP contribution in [0.1, 0.15) is 25.7 Å². The number of nitrogens with two attached hydrogens (primary N) is 1. The van der Waals surface area contributed by atoms with Crippen molar-refractivity contribution in [2.24, 2.45) is 5.92 Å². The van der Waals surface area contributed by atoms with Gasteiger partial charge in [0, 0.05) is 24.3 Å². The van der Waals surface area contributed by atoms with Gasteiger partial charge in [0.2, 0.25) is 5.91 Å². The third-order valence-electron chi connectivity index (χ3n) is 4.17. The predicted octanol–water partition coefficient (Wildman–Crippen LogP) is 2.05. The first-order valence-electron chi connectivity index (χ1n) is 7.00. The van der Waals surface area contributed by atoms with E-state index in [1.165, 1.54) is 19.3 Å². The summed E-state index contributed by atoms with van der Waals surface area (Å²) in [6.07, 6.45) is 4.15. The molecule has 2 atom stereocenters. The van der Waals surface area contributed by atoms with Crippen molar-refractivity contribution in [2.75, 3.05) is 18.9 Å². The zero-order valence-corrected chi connectivity index (χ0v) is 11.0. The van der Waals surface area contributed by atoms with Gasteiger partial charge in [0.05, 0.1) is 13.0 Å². The van der Waals surface area contributed by atoms with Gasteiger partial charge in [-0.2, -0.15) is 0 Å². The Labute approximate surface area is 113 Å². The van der Waals surface area contributed by atoms with E-state index in [1.807, 2.05) is 18.2 Å². The van der Waals surface area contributed by atoms with E-state index in [1.54, 1.807) is 6.07 Å². The van der Waals surface area contributed by atoms with Crippen LogP contribution in [0.2, 0.25) is 0 Å². The summed E-state index contributed by atoms with van der Waals surface area (Å²) >= 11 is 0. The SMILES string of the molecule is Nc1cccc(OCCC(=O)N2CC3CCC2C3)c1. The van der Waals surface area contributed by atoms with Gasteiger partial charge in [-0.05, 0) is 37.3 Å². The Bertz CT molecular complexity index is 475. The van der Waals surface area contributed by atoms with Crippen LogP contribution in [0.5, 0.6) is 5.75 Å². The Hall–Kier alpha value is -1.71.